The van der Waals surface area contributed by atoms with E-state index in [4.69, 9.17) is 14.6 Å². The Labute approximate surface area is 71.3 Å². The molecule has 0 bridgehead atoms. The molecule has 1 aliphatic heterocycles. The zero-order chi connectivity index (χ0) is 9.14. The summed E-state index contributed by atoms with van der Waals surface area (Å²) in [5, 5.41) is 21.3. The molecule has 1 rings (SSSR count). The highest BCUT2D eigenvalue weighted by atomic mass is 16.7. The number of aliphatic hydroxyl groups is 2. The fourth-order valence-electron chi connectivity index (χ4n) is 1.43. The largest absolute Gasteiger partial charge is 0.394 e. The van der Waals surface area contributed by atoms with Gasteiger partial charge in [0.2, 0.25) is 0 Å². The maximum absolute atomic E-state index is 9.53. The van der Waals surface area contributed by atoms with Crippen molar-refractivity contribution in [2.24, 2.45) is 0 Å². The van der Waals surface area contributed by atoms with Crippen LogP contribution in [0.1, 0.15) is 0 Å². The fraction of sp³-hybridized carbons (Fsp3) is 1.00. The van der Waals surface area contributed by atoms with Crippen molar-refractivity contribution >= 4 is 0 Å². The standard InChI is InChI=1S/C7H15NO4/c1-8-5-4(3-9)12-7(11-2)6(5)10/h4-10H,3H2,1-2H3/t4-,5+,6+,7-/m0/s1. The molecule has 0 spiro atoms. The number of hydrogen-bond acceptors (Lipinski definition) is 5. The summed E-state index contributed by atoms with van der Waals surface area (Å²) in [7, 11) is 3.16. The Kier molecular flexibility index (Phi) is 3.42. The molecular weight excluding hydrogens is 162 g/mol. The van der Waals surface area contributed by atoms with Gasteiger partial charge in [0, 0.05) is 7.11 Å². The molecule has 1 aliphatic rings. The van der Waals surface area contributed by atoms with Gasteiger partial charge in [0.05, 0.1) is 12.6 Å². The van der Waals surface area contributed by atoms with E-state index in [2.05, 4.69) is 5.32 Å². The molecule has 0 amide bonds. The molecule has 0 unspecified atom stereocenters. The lowest BCUT2D eigenvalue weighted by Crippen LogP contribution is -2.44. The van der Waals surface area contributed by atoms with Crippen LogP contribution >= 0.6 is 0 Å². The number of rotatable bonds is 3. The molecular formula is C7H15NO4. The first-order valence-electron chi connectivity index (χ1n) is 3.89. The van der Waals surface area contributed by atoms with Crippen LogP contribution < -0.4 is 5.32 Å². The molecule has 5 nitrogen and oxygen atoms in total. The van der Waals surface area contributed by atoms with Crippen molar-refractivity contribution in [2.75, 3.05) is 20.8 Å². The van der Waals surface area contributed by atoms with Crippen molar-refractivity contribution in [3.63, 3.8) is 0 Å². The predicted molar refractivity (Wildman–Crippen MR) is 41.6 cm³/mol. The summed E-state index contributed by atoms with van der Waals surface area (Å²) in [5.74, 6) is 0. The highest BCUT2D eigenvalue weighted by molar-refractivity contribution is 4.91. The van der Waals surface area contributed by atoms with Crippen LogP contribution in [0.5, 0.6) is 0 Å². The van der Waals surface area contributed by atoms with Crippen LogP contribution in [0.3, 0.4) is 0 Å². The van der Waals surface area contributed by atoms with Gasteiger partial charge in [-0.15, -0.1) is 0 Å². The van der Waals surface area contributed by atoms with Gasteiger partial charge in [-0.2, -0.15) is 0 Å². The first-order valence-corrected chi connectivity index (χ1v) is 3.89. The number of nitrogens with one attached hydrogen (secondary N) is 1. The van der Waals surface area contributed by atoms with E-state index >= 15 is 0 Å². The van der Waals surface area contributed by atoms with E-state index in [-0.39, 0.29) is 12.6 Å². The van der Waals surface area contributed by atoms with Crippen molar-refractivity contribution in [2.45, 2.75) is 24.5 Å². The van der Waals surface area contributed by atoms with Crippen molar-refractivity contribution < 1.29 is 19.7 Å². The van der Waals surface area contributed by atoms with Crippen LogP contribution in [-0.4, -0.2) is 55.5 Å². The van der Waals surface area contributed by atoms with Crippen molar-refractivity contribution in [3.05, 3.63) is 0 Å². The summed E-state index contributed by atoms with van der Waals surface area (Å²) in [6.07, 6.45) is -1.76. The zero-order valence-corrected chi connectivity index (χ0v) is 7.23. The summed E-state index contributed by atoms with van der Waals surface area (Å²) in [6, 6.07) is -0.264. The maximum Gasteiger partial charge on any atom is 0.185 e. The van der Waals surface area contributed by atoms with Crippen LogP contribution in [0.4, 0.5) is 0 Å². The first kappa shape index (κ1) is 9.88. The van der Waals surface area contributed by atoms with E-state index in [1.54, 1.807) is 7.05 Å². The van der Waals surface area contributed by atoms with Gasteiger partial charge in [-0.25, -0.2) is 0 Å². The second kappa shape index (κ2) is 4.15. The summed E-state index contributed by atoms with van der Waals surface area (Å²) >= 11 is 0. The molecule has 3 N–H and O–H groups in total. The zero-order valence-electron chi connectivity index (χ0n) is 7.23. The van der Waals surface area contributed by atoms with E-state index in [1.165, 1.54) is 7.11 Å². The van der Waals surface area contributed by atoms with Crippen LogP contribution in [-0.2, 0) is 9.47 Å². The third kappa shape index (κ3) is 1.60. The number of likely N-dealkylation sites (N-methyl/N-ethyl adjacent to an activating group) is 1. The molecule has 0 aromatic heterocycles. The van der Waals surface area contributed by atoms with Crippen LogP contribution in [0, 0.1) is 0 Å². The molecule has 5 heteroatoms. The molecule has 1 heterocycles. The van der Waals surface area contributed by atoms with Gasteiger partial charge < -0.3 is 25.0 Å². The third-order valence-electron chi connectivity index (χ3n) is 2.10. The molecule has 0 aliphatic carbocycles. The summed E-state index contributed by atoms with van der Waals surface area (Å²) in [6.45, 7) is -0.123. The Balaban J connectivity index is 2.58. The molecule has 12 heavy (non-hydrogen) atoms. The minimum absolute atomic E-state index is 0.123. The lowest BCUT2D eigenvalue weighted by Gasteiger charge is -2.16. The Morgan fingerprint density at radius 2 is 2.25 bits per heavy atom. The van der Waals surface area contributed by atoms with E-state index in [9.17, 15) is 5.11 Å². The number of methoxy groups -OCH3 is 1. The number of hydrogen-bond donors (Lipinski definition) is 3. The number of ether oxygens (including phenoxy) is 2. The topological polar surface area (TPSA) is 71.0 Å². The molecule has 4 atom stereocenters. The molecule has 1 saturated heterocycles. The van der Waals surface area contributed by atoms with Crippen LogP contribution in [0.2, 0.25) is 0 Å². The Morgan fingerprint density at radius 1 is 1.58 bits per heavy atom. The van der Waals surface area contributed by atoms with Gasteiger partial charge in [-0.1, -0.05) is 0 Å². The van der Waals surface area contributed by atoms with E-state index < -0.39 is 18.5 Å². The van der Waals surface area contributed by atoms with E-state index in [0.717, 1.165) is 0 Å². The van der Waals surface area contributed by atoms with Gasteiger partial charge in [0.25, 0.3) is 0 Å². The lowest BCUT2D eigenvalue weighted by atomic mass is 10.1. The second-order valence-electron chi connectivity index (χ2n) is 2.77. The van der Waals surface area contributed by atoms with Gasteiger partial charge >= 0.3 is 0 Å². The highest BCUT2D eigenvalue weighted by Gasteiger charge is 2.42. The average molecular weight is 177 g/mol. The van der Waals surface area contributed by atoms with Gasteiger partial charge in [0.1, 0.15) is 12.2 Å². The smallest absolute Gasteiger partial charge is 0.185 e. The monoisotopic (exact) mass is 177 g/mol. The fourth-order valence-corrected chi connectivity index (χ4v) is 1.43. The molecule has 1 fully saturated rings. The minimum atomic E-state index is -0.725. The van der Waals surface area contributed by atoms with Gasteiger partial charge in [-0.05, 0) is 7.05 Å². The Bertz CT molecular complexity index is 141. The van der Waals surface area contributed by atoms with Gasteiger partial charge in [-0.3, -0.25) is 0 Å². The average Bonchev–Trinajstić information content (AvgIpc) is 2.41. The van der Waals surface area contributed by atoms with Crippen LogP contribution in [0.25, 0.3) is 0 Å². The summed E-state index contributed by atoms with van der Waals surface area (Å²) < 4.78 is 10.1. The van der Waals surface area contributed by atoms with Crippen molar-refractivity contribution in [1.82, 2.24) is 5.32 Å². The van der Waals surface area contributed by atoms with E-state index in [0.29, 0.717) is 0 Å². The quantitative estimate of drug-likeness (QED) is 0.479. The maximum atomic E-state index is 9.53. The normalized spacial score (nSPS) is 42.0. The summed E-state index contributed by atoms with van der Waals surface area (Å²) in [5.41, 5.74) is 0. The van der Waals surface area contributed by atoms with Crippen molar-refractivity contribution in [1.29, 1.82) is 0 Å². The van der Waals surface area contributed by atoms with Crippen LogP contribution in [0.15, 0.2) is 0 Å². The third-order valence-corrected chi connectivity index (χ3v) is 2.10. The second-order valence-corrected chi connectivity index (χ2v) is 2.77. The lowest BCUT2D eigenvalue weighted by molar-refractivity contribution is -0.153. The van der Waals surface area contributed by atoms with Gasteiger partial charge in [0.15, 0.2) is 6.29 Å². The molecule has 0 radical (unpaired) electrons. The Hall–Kier alpha value is -0.200. The molecule has 0 aromatic carbocycles. The predicted octanol–water partition coefficient (Wildman–Crippen LogP) is -1.70. The SMILES string of the molecule is CN[C@H]1[C@@H](O)[C@@H](OC)O[C@H]1CO. The highest BCUT2D eigenvalue weighted by Crippen LogP contribution is 2.20. The number of aliphatic hydroxyl groups excluding tert-OH is 2. The molecule has 72 valence electrons. The summed E-state index contributed by atoms with van der Waals surface area (Å²) in [4.78, 5) is 0. The first-order chi connectivity index (χ1) is 5.74. The molecule has 0 saturated carbocycles. The minimum Gasteiger partial charge on any atom is -0.394 e. The van der Waals surface area contributed by atoms with Crippen molar-refractivity contribution in [3.8, 4) is 0 Å². The Morgan fingerprint density at radius 3 is 2.58 bits per heavy atom. The van der Waals surface area contributed by atoms with E-state index in [1.807, 2.05) is 0 Å². The molecule has 0 aromatic rings.